The van der Waals surface area contributed by atoms with Crippen LogP contribution in [0.5, 0.6) is 5.88 Å². The van der Waals surface area contributed by atoms with Crippen LogP contribution in [0.2, 0.25) is 5.02 Å². The minimum Gasteiger partial charge on any atom is -0.477 e. The minimum absolute atomic E-state index is 0.0342. The Morgan fingerprint density at radius 1 is 1.13 bits per heavy atom. The molecule has 38 heavy (non-hydrogen) atoms. The van der Waals surface area contributed by atoms with Crippen molar-refractivity contribution in [2.75, 3.05) is 32.6 Å². The zero-order valence-electron chi connectivity index (χ0n) is 22.7. The number of amides is 3. The standard InChI is InChI=1S/C27H37ClN6O4/c1-7-38-26-20(13-18(28)15-31-26)24(36)32-16-27(3,4)14-21(35)34-23(22(30-6)17(2)29-5)25(37)33-19-11-9-8-10-12-19/h8-13,15,17,29-30H,7,14,16H2,1-6H3,(H,32,36)(H,33,37)(H,34,35)/b23-22+. The fourth-order valence-electron chi connectivity index (χ4n) is 3.60. The van der Waals surface area contributed by atoms with Gasteiger partial charge in [-0.3, -0.25) is 14.4 Å². The Hall–Kier alpha value is -3.63. The molecule has 0 saturated carbocycles. The fraction of sp³-hybridized carbons (Fsp3) is 0.407. The quantitative estimate of drug-likeness (QED) is 0.245. The summed E-state index contributed by atoms with van der Waals surface area (Å²) in [5.74, 6) is -1.07. The van der Waals surface area contributed by atoms with Crippen LogP contribution in [0.25, 0.3) is 0 Å². The van der Waals surface area contributed by atoms with Gasteiger partial charge in [0.25, 0.3) is 11.8 Å². The molecule has 1 atom stereocenters. The number of ether oxygens (including phenoxy) is 1. The first kappa shape index (κ1) is 30.6. The van der Waals surface area contributed by atoms with Crippen molar-refractivity contribution in [2.24, 2.45) is 5.41 Å². The number of nitrogens with zero attached hydrogens (tertiary/aromatic N) is 1. The van der Waals surface area contributed by atoms with Gasteiger partial charge >= 0.3 is 0 Å². The molecule has 1 unspecified atom stereocenters. The zero-order valence-corrected chi connectivity index (χ0v) is 23.5. The van der Waals surface area contributed by atoms with Gasteiger partial charge in [-0.25, -0.2) is 4.98 Å². The normalized spacial score (nSPS) is 12.6. The third-order valence-corrected chi connectivity index (χ3v) is 5.84. The van der Waals surface area contributed by atoms with E-state index >= 15 is 0 Å². The van der Waals surface area contributed by atoms with Gasteiger partial charge in [-0.2, -0.15) is 0 Å². The number of para-hydroxylation sites is 1. The Morgan fingerprint density at radius 3 is 2.42 bits per heavy atom. The van der Waals surface area contributed by atoms with Crippen molar-refractivity contribution in [1.29, 1.82) is 0 Å². The Balaban J connectivity index is 2.14. The molecule has 0 radical (unpaired) electrons. The van der Waals surface area contributed by atoms with E-state index in [9.17, 15) is 14.4 Å². The fourth-order valence-corrected chi connectivity index (χ4v) is 3.76. The highest BCUT2D eigenvalue weighted by Gasteiger charge is 2.27. The molecule has 2 rings (SSSR count). The predicted molar refractivity (Wildman–Crippen MR) is 149 cm³/mol. The van der Waals surface area contributed by atoms with Crippen molar-refractivity contribution in [3.05, 3.63) is 64.6 Å². The summed E-state index contributed by atoms with van der Waals surface area (Å²) in [6.45, 7) is 7.87. The number of carbonyl (C=O) groups is 3. The highest BCUT2D eigenvalue weighted by Crippen LogP contribution is 2.23. The maximum atomic E-state index is 13.2. The first-order chi connectivity index (χ1) is 18.0. The van der Waals surface area contributed by atoms with Crippen molar-refractivity contribution in [3.63, 3.8) is 0 Å². The van der Waals surface area contributed by atoms with Crippen LogP contribution in [0.4, 0.5) is 5.69 Å². The number of halogens is 1. The molecule has 10 nitrogen and oxygen atoms in total. The van der Waals surface area contributed by atoms with Crippen molar-refractivity contribution >= 4 is 35.0 Å². The van der Waals surface area contributed by atoms with E-state index in [-0.39, 0.29) is 42.1 Å². The SMILES string of the molecule is CCOc1ncc(Cl)cc1C(=O)NCC(C)(C)CC(=O)N/C(C(=O)Nc1ccccc1)=C(/NC)C(C)NC. The molecule has 206 valence electrons. The Labute approximate surface area is 229 Å². The summed E-state index contributed by atoms with van der Waals surface area (Å²) in [5.41, 5.74) is 0.795. The predicted octanol–water partition coefficient (Wildman–Crippen LogP) is 3.07. The maximum Gasteiger partial charge on any atom is 0.274 e. The van der Waals surface area contributed by atoms with E-state index < -0.39 is 17.2 Å². The van der Waals surface area contributed by atoms with Gasteiger partial charge in [-0.15, -0.1) is 0 Å². The van der Waals surface area contributed by atoms with Gasteiger partial charge in [-0.1, -0.05) is 43.6 Å². The zero-order chi connectivity index (χ0) is 28.3. The lowest BCUT2D eigenvalue weighted by molar-refractivity contribution is -0.124. The number of pyridine rings is 1. The molecule has 3 amide bonds. The summed E-state index contributed by atoms with van der Waals surface area (Å²) in [5, 5.41) is 14.8. The number of likely N-dealkylation sites (N-methyl/N-ethyl adjacent to an activating group) is 2. The van der Waals surface area contributed by atoms with E-state index in [0.717, 1.165) is 0 Å². The lowest BCUT2D eigenvalue weighted by Gasteiger charge is -2.26. The molecule has 5 N–H and O–H groups in total. The molecular weight excluding hydrogens is 508 g/mol. The molecule has 11 heteroatoms. The number of aromatic nitrogens is 1. The third kappa shape index (κ3) is 9.04. The first-order valence-corrected chi connectivity index (χ1v) is 12.7. The van der Waals surface area contributed by atoms with E-state index in [1.54, 1.807) is 45.3 Å². The van der Waals surface area contributed by atoms with Gasteiger partial charge in [-0.05, 0) is 44.5 Å². The lowest BCUT2D eigenvalue weighted by atomic mass is 9.88. The average Bonchev–Trinajstić information content (AvgIpc) is 2.88. The van der Waals surface area contributed by atoms with Gasteiger partial charge < -0.3 is 31.3 Å². The summed E-state index contributed by atoms with van der Waals surface area (Å²) in [7, 11) is 3.44. The number of anilines is 1. The average molecular weight is 545 g/mol. The molecule has 0 aliphatic carbocycles. The monoisotopic (exact) mass is 544 g/mol. The van der Waals surface area contributed by atoms with Crippen LogP contribution >= 0.6 is 11.6 Å². The second-order valence-electron chi connectivity index (χ2n) is 9.38. The van der Waals surface area contributed by atoms with E-state index in [1.165, 1.54) is 12.3 Å². The highest BCUT2D eigenvalue weighted by molar-refractivity contribution is 6.30. The molecule has 2 aromatic rings. The van der Waals surface area contributed by atoms with Crippen LogP contribution in [0.1, 0.15) is 44.5 Å². The molecule has 0 spiro atoms. The minimum atomic E-state index is -0.646. The molecular formula is C27H37ClN6O4. The van der Waals surface area contributed by atoms with Crippen LogP contribution in [-0.4, -0.2) is 56.0 Å². The summed E-state index contributed by atoms with van der Waals surface area (Å²) in [4.78, 5) is 43.2. The lowest BCUT2D eigenvalue weighted by Crippen LogP contribution is -2.42. The Kier molecular flexibility index (Phi) is 11.5. The Bertz CT molecular complexity index is 1150. The Morgan fingerprint density at radius 2 is 1.82 bits per heavy atom. The van der Waals surface area contributed by atoms with E-state index in [0.29, 0.717) is 23.0 Å². The van der Waals surface area contributed by atoms with Crippen molar-refractivity contribution in [1.82, 2.24) is 26.3 Å². The van der Waals surface area contributed by atoms with Crippen molar-refractivity contribution < 1.29 is 19.1 Å². The van der Waals surface area contributed by atoms with Gasteiger partial charge in [0.1, 0.15) is 11.3 Å². The molecule has 0 bridgehead atoms. The van der Waals surface area contributed by atoms with Gasteiger partial charge in [0.15, 0.2) is 0 Å². The summed E-state index contributed by atoms with van der Waals surface area (Å²) in [6, 6.07) is 10.2. The number of benzene rings is 1. The van der Waals surface area contributed by atoms with Crippen LogP contribution in [0, 0.1) is 5.41 Å². The number of hydrogen-bond acceptors (Lipinski definition) is 7. The van der Waals surface area contributed by atoms with Crippen molar-refractivity contribution in [2.45, 2.75) is 40.2 Å². The molecule has 0 saturated heterocycles. The highest BCUT2D eigenvalue weighted by atomic mass is 35.5. The summed E-state index contributed by atoms with van der Waals surface area (Å²) < 4.78 is 5.43. The largest absolute Gasteiger partial charge is 0.477 e. The molecule has 1 aromatic heterocycles. The molecule has 0 aliphatic heterocycles. The van der Waals surface area contributed by atoms with Crippen LogP contribution < -0.4 is 31.3 Å². The topological polar surface area (TPSA) is 133 Å². The second-order valence-corrected chi connectivity index (χ2v) is 9.82. The molecule has 0 aliphatic rings. The number of carbonyl (C=O) groups excluding carboxylic acids is 3. The smallest absolute Gasteiger partial charge is 0.274 e. The number of nitrogens with one attached hydrogen (secondary N) is 5. The summed E-state index contributed by atoms with van der Waals surface area (Å²) >= 11 is 6.02. The van der Waals surface area contributed by atoms with Crippen LogP contribution in [0.3, 0.4) is 0 Å². The maximum absolute atomic E-state index is 13.2. The van der Waals surface area contributed by atoms with Gasteiger partial charge in [0.05, 0.1) is 17.3 Å². The summed E-state index contributed by atoms with van der Waals surface area (Å²) in [6.07, 6.45) is 1.44. The van der Waals surface area contributed by atoms with Crippen LogP contribution in [0.15, 0.2) is 54.0 Å². The van der Waals surface area contributed by atoms with Crippen molar-refractivity contribution in [3.8, 4) is 5.88 Å². The second kappa shape index (κ2) is 14.3. The van der Waals surface area contributed by atoms with Gasteiger partial charge in [0.2, 0.25) is 11.8 Å². The number of hydrogen-bond donors (Lipinski definition) is 5. The first-order valence-electron chi connectivity index (χ1n) is 12.3. The van der Waals surface area contributed by atoms with E-state index in [4.69, 9.17) is 16.3 Å². The molecule has 0 fully saturated rings. The third-order valence-electron chi connectivity index (χ3n) is 5.64. The molecule has 1 heterocycles. The van der Waals surface area contributed by atoms with Crippen LogP contribution in [-0.2, 0) is 9.59 Å². The van der Waals surface area contributed by atoms with E-state index in [1.807, 2.05) is 26.8 Å². The molecule has 1 aromatic carbocycles. The van der Waals surface area contributed by atoms with E-state index in [2.05, 4.69) is 31.6 Å². The number of rotatable bonds is 13. The van der Waals surface area contributed by atoms with Gasteiger partial charge in [0, 0.05) is 37.9 Å².